The van der Waals surface area contributed by atoms with Crippen molar-refractivity contribution in [1.29, 1.82) is 0 Å². The Bertz CT molecular complexity index is 282. The van der Waals surface area contributed by atoms with E-state index < -0.39 is 0 Å². The fourth-order valence-corrected chi connectivity index (χ4v) is 2.26. The molecule has 4 heteroatoms. The van der Waals surface area contributed by atoms with Gasteiger partial charge in [-0.1, -0.05) is 0 Å². The van der Waals surface area contributed by atoms with Crippen molar-refractivity contribution >= 4 is 11.3 Å². The molecule has 0 radical (unpaired) electrons. The summed E-state index contributed by atoms with van der Waals surface area (Å²) in [4.78, 5) is 6.83. The van der Waals surface area contributed by atoms with Crippen LogP contribution < -0.4 is 5.73 Å². The molecule has 1 aromatic rings. The van der Waals surface area contributed by atoms with Crippen molar-refractivity contribution in [3.63, 3.8) is 0 Å². The van der Waals surface area contributed by atoms with E-state index in [2.05, 4.69) is 15.3 Å². The summed E-state index contributed by atoms with van der Waals surface area (Å²) in [7, 11) is 0. The standard InChI is InChI=1S/C9H15N3S/c1-7-11-8(6-13-7)5-12-3-2-9(12)4-10/h6,9H,2-5,10H2,1H3. The monoisotopic (exact) mass is 197 g/mol. The van der Waals surface area contributed by atoms with Crippen LogP contribution in [0.15, 0.2) is 5.38 Å². The lowest BCUT2D eigenvalue weighted by Gasteiger charge is -2.39. The maximum atomic E-state index is 5.62. The van der Waals surface area contributed by atoms with Crippen molar-refractivity contribution in [2.24, 2.45) is 5.73 Å². The van der Waals surface area contributed by atoms with Gasteiger partial charge in [-0.25, -0.2) is 4.98 Å². The molecule has 1 atom stereocenters. The average Bonchev–Trinajstić information content (AvgIpc) is 2.46. The highest BCUT2D eigenvalue weighted by Crippen LogP contribution is 2.20. The molecule has 0 amide bonds. The molecule has 1 fully saturated rings. The summed E-state index contributed by atoms with van der Waals surface area (Å²) < 4.78 is 0. The van der Waals surface area contributed by atoms with Crippen LogP contribution in [0.5, 0.6) is 0 Å². The highest BCUT2D eigenvalue weighted by Gasteiger charge is 2.26. The lowest BCUT2D eigenvalue weighted by molar-refractivity contribution is 0.0869. The van der Waals surface area contributed by atoms with E-state index in [1.807, 2.05) is 6.92 Å². The van der Waals surface area contributed by atoms with Gasteiger partial charge >= 0.3 is 0 Å². The summed E-state index contributed by atoms with van der Waals surface area (Å²) in [6.45, 7) is 4.98. The molecule has 0 saturated carbocycles. The van der Waals surface area contributed by atoms with Gasteiger partial charge in [0.2, 0.25) is 0 Å². The number of thiazole rings is 1. The van der Waals surface area contributed by atoms with Crippen molar-refractivity contribution < 1.29 is 0 Å². The molecule has 0 aliphatic carbocycles. The van der Waals surface area contributed by atoms with Gasteiger partial charge in [0.1, 0.15) is 0 Å². The van der Waals surface area contributed by atoms with Crippen molar-refractivity contribution in [3.05, 3.63) is 16.1 Å². The van der Waals surface area contributed by atoms with Gasteiger partial charge in [-0.2, -0.15) is 0 Å². The summed E-state index contributed by atoms with van der Waals surface area (Å²) in [6.07, 6.45) is 1.25. The van der Waals surface area contributed by atoms with E-state index >= 15 is 0 Å². The summed E-state index contributed by atoms with van der Waals surface area (Å²) in [6, 6.07) is 0.599. The second-order valence-corrected chi connectivity index (χ2v) is 4.57. The molecule has 1 aliphatic rings. The Hall–Kier alpha value is -0.450. The first-order valence-corrected chi connectivity index (χ1v) is 5.52. The molecular weight excluding hydrogens is 182 g/mol. The number of aromatic nitrogens is 1. The number of hydrogen-bond donors (Lipinski definition) is 1. The van der Waals surface area contributed by atoms with Crippen LogP contribution in [0.3, 0.4) is 0 Å². The third-order valence-electron chi connectivity index (χ3n) is 2.57. The second kappa shape index (κ2) is 3.74. The topological polar surface area (TPSA) is 42.2 Å². The van der Waals surface area contributed by atoms with E-state index in [0.29, 0.717) is 6.04 Å². The van der Waals surface area contributed by atoms with Crippen molar-refractivity contribution in [2.75, 3.05) is 13.1 Å². The van der Waals surface area contributed by atoms with E-state index in [0.717, 1.165) is 18.1 Å². The Morgan fingerprint density at radius 1 is 1.77 bits per heavy atom. The lowest BCUT2D eigenvalue weighted by Crippen LogP contribution is -2.50. The SMILES string of the molecule is Cc1nc(CN2CCC2CN)cs1. The van der Waals surface area contributed by atoms with Gasteiger partial charge in [0.05, 0.1) is 10.7 Å². The Morgan fingerprint density at radius 2 is 2.62 bits per heavy atom. The minimum atomic E-state index is 0.599. The van der Waals surface area contributed by atoms with Crippen molar-refractivity contribution in [3.8, 4) is 0 Å². The quantitative estimate of drug-likeness (QED) is 0.785. The molecule has 2 rings (SSSR count). The van der Waals surface area contributed by atoms with E-state index in [9.17, 15) is 0 Å². The Labute approximate surface area is 82.6 Å². The zero-order valence-electron chi connectivity index (χ0n) is 7.86. The third kappa shape index (κ3) is 1.90. The highest BCUT2D eigenvalue weighted by atomic mass is 32.1. The summed E-state index contributed by atoms with van der Waals surface area (Å²) in [5, 5.41) is 3.29. The Morgan fingerprint density at radius 3 is 3.08 bits per heavy atom. The number of rotatable bonds is 3. The minimum absolute atomic E-state index is 0.599. The van der Waals surface area contributed by atoms with Crippen LogP contribution in [0.25, 0.3) is 0 Å². The van der Waals surface area contributed by atoms with Crippen LogP contribution in [0.4, 0.5) is 0 Å². The summed E-state index contributed by atoms with van der Waals surface area (Å²) >= 11 is 1.72. The number of aryl methyl sites for hydroxylation is 1. The first-order chi connectivity index (χ1) is 6.29. The van der Waals surface area contributed by atoms with Crippen LogP contribution in [-0.4, -0.2) is 29.0 Å². The number of hydrogen-bond acceptors (Lipinski definition) is 4. The van der Waals surface area contributed by atoms with Gasteiger partial charge in [0, 0.05) is 31.1 Å². The smallest absolute Gasteiger partial charge is 0.0897 e. The van der Waals surface area contributed by atoms with E-state index in [1.165, 1.54) is 18.7 Å². The van der Waals surface area contributed by atoms with E-state index in [1.54, 1.807) is 11.3 Å². The first kappa shape index (κ1) is 9.12. The molecular formula is C9H15N3S. The Kier molecular flexibility index (Phi) is 2.62. The summed E-state index contributed by atoms with van der Waals surface area (Å²) in [5.74, 6) is 0. The van der Waals surface area contributed by atoms with Crippen LogP contribution >= 0.6 is 11.3 Å². The van der Waals surface area contributed by atoms with E-state index in [-0.39, 0.29) is 0 Å². The zero-order valence-corrected chi connectivity index (χ0v) is 8.68. The first-order valence-electron chi connectivity index (χ1n) is 4.64. The van der Waals surface area contributed by atoms with Gasteiger partial charge in [-0.05, 0) is 13.3 Å². The molecule has 13 heavy (non-hydrogen) atoms. The highest BCUT2D eigenvalue weighted by molar-refractivity contribution is 7.09. The van der Waals surface area contributed by atoms with Gasteiger partial charge in [0.25, 0.3) is 0 Å². The van der Waals surface area contributed by atoms with E-state index in [4.69, 9.17) is 5.73 Å². The minimum Gasteiger partial charge on any atom is -0.329 e. The predicted molar refractivity (Wildman–Crippen MR) is 54.7 cm³/mol. The molecule has 3 nitrogen and oxygen atoms in total. The predicted octanol–water partition coefficient (Wildman–Crippen LogP) is 0.985. The van der Waals surface area contributed by atoms with Crippen molar-refractivity contribution in [1.82, 2.24) is 9.88 Å². The molecule has 1 aromatic heterocycles. The molecule has 1 aliphatic heterocycles. The average molecular weight is 197 g/mol. The molecule has 1 saturated heterocycles. The van der Waals surface area contributed by atoms with Gasteiger partial charge < -0.3 is 5.73 Å². The third-order valence-corrected chi connectivity index (χ3v) is 3.39. The molecule has 0 aromatic carbocycles. The maximum Gasteiger partial charge on any atom is 0.0897 e. The van der Waals surface area contributed by atoms with Crippen LogP contribution in [0, 0.1) is 6.92 Å². The molecule has 72 valence electrons. The van der Waals surface area contributed by atoms with Gasteiger partial charge in [-0.3, -0.25) is 4.90 Å². The van der Waals surface area contributed by atoms with Crippen molar-refractivity contribution in [2.45, 2.75) is 25.9 Å². The maximum absolute atomic E-state index is 5.62. The zero-order chi connectivity index (χ0) is 9.26. The van der Waals surface area contributed by atoms with Crippen LogP contribution in [0.2, 0.25) is 0 Å². The van der Waals surface area contributed by atoms with Crippen LogP contribution in [-0.2, 0) is 6.54 Å². The lowest BCUT2D eigenvalue weighted by atomic mass is 10.0. The van der Waals surface area contributed by atoms with Gasteiger partial charge in [-0.15, -0.1) is 11.3 Å². The van der Waals surface area contributed by atoms with Crippen LogP contribution in [0.1, 0.15) is 17.1 Å². The number of likely N-dealkylation sites (tertiary alicyclic amines) is 1. The molecule has 2 heterocycles. The fourth-order valence-electron chi connectivity index (χ4n) is 1.66. The summed E-state index contributed by atoms with van der Waals surface area (Å²) in [5.41, 5.74) is 6.82. The normalized spacial score (nSPS) is 23.1. The second-order valence-electron chi connectivity index (χ2n) is 3.51. The molecule has 0 spiro atoms. The largest absolute Gasteiger partial charge is 0.329 e. The number of nitrogens with two attached hydrogens (primary N) is 1. The molecule has 0 bridgehead atoms. The van der Waals surface area contributed by atoms with Gasteiger partial charge in [0.15, 0.2) is 0 Å². The molecule has 1 unspecified atom stereocenters. The Balaban J connectivity index is 1.91. The fraction of sp³-hybridized carbons (Fsp3) is 0.667. The molecule has 2 N–H and O–H groups in total. The number of nitrogens with zero attached hydrogens (tertiary/aromatic N) is 2.